The molecule has 0 aliphatic rings. The zero-order valence-corrected chi connectivity index (χ0v) is 10.9. The summed E-state index contributed by atoms with van der Waals surface area (Å²) in [6, 6.07) is 6.93. The van der Waals surface area contributed by atoms with Crippen LogP contribution in [0.5, 0.6) is 0 Å². The van der Waals surface area contributed by atoms with Gasteiger partial charge in [-0.25, -0.2) is 9.97 Å². The summed E-state index contributed by atoms with van der Waals surface area (Å²) in [6.45, 7) is 0.703. The molecule has 0 radical (unpaired) electrons. The number of nitrogens with one attached hydrogen (secondary N) is 1. The van der Waals surface area contributed by atoms with Crippen molar-refractivity contribution in [1.82, 2.24) is 15.3 Å². The molecule has 0 aliphatic heterocycles. The first-order valence-electron chi connectivity index (χ1n) is 6.11. The van der Waals surface area contributed by atoms with E-state index in [0.29, 0.717) is 0 Å². The van der Waals surface area contributed by atoms with Crippen LogP contribution in [0.15, 0.2) is 43.0 Å². The van der Waals surface area contributed by atoms with Crippen molar-refractivity contribution in [3.05, 3.63) is 48.5 Å². The van der Waals surface area contributed by atoms with Crippen molar-refractivity contribution in [3.8, 4) is 11.1 Å². The van der Waals surface area contributed by atoms with Crippen LogP contribution in [0.1, 0.15) is 18.5 Å². The van der Waals surface area contributed by atoms with Crippen LogP contribution < -0.4 is 5.32 Å². The summed E-state index contributed by atoms with van der Waals surface area (Å²) >= 11 is 0. The minimum Gasteiger partial charge on any atom is -0.302 e. The number of hydrogen-bond acceptors (Lipinski definition) is 3. The highest BCUT2D eigenvalue weighted by Gasteiger charge is 2.27. The Kier molecular flexibility index (Phi) is 4.34. The number of alkyl halides is 3. The lowest BCUT2D eigenvalue weighted by Crippen LogP contribution is -2.30. The maximum atomic E-state index is 12.1. The molecule has 0 fully saturated rings. The molecule has 1 aromatic carbocycles. The summed E-state index contributed by atoms with van der Waals surface area (Å²) in [5.41, 5.74) is 2.60. The number of rotatable bonds is 4. The Morgan fingerprint density at radius 2 is 1.65 bits per heavy atom. The van der Waals surface area contributed by atoms with Crippen molar-refractivity contribution in [1.29, 1.82) is 0 Å². The van der Waals surface area contributed by atoms with Crippen LogP contribution in [-0.4, -0.2) is 22.7 Å². The fourth-order valence-electron chi connectivity index (χ4n) is 1.80. The predicted octanol–water partition coefficient (Wildman–Crippen LogP) is 3.36. The molecule has 0 bridgehead atoms. The average Bonchev–Trinajstić information content (AvgIpc) is 2.45. The zero-order valence-electron chi connectivity index (χ0n) is 10.9. The van der Waals surface area contributed by atoms with Crippen molar-refractivity contribution < 1.29 is 13.2 Å². The summed E-state index contributed by atoms with van der Waals surface area (Å²) in [6.07, 6.45) is 0.622. The largest absolute Gasteiger partial charge is 0.401 e. The Bertz CT molecular complexity index is 538. The zero-order chi connectivity index (χ0) is 14.6. The molecule has 0 unspecified atom stereocenters. The first-order valence-corrected chi connectivity index (χ1v) is 6.11. The van der Waals surface area contributed by atoms with Gasteiger partial charge in [0.2, 0.25) is 0 Å². The van der Waals surface area contributed by atoms with Crippen molar-refractivity contribution in [2.45, 2.75) is 19.1 Å². The highest BCUT2D eigenvalue weighted by Crippen LogP contribution is 2.21. The monoisotopic (exact) mass is 281 g/mol. The molecule has 1 heterocycles. The number of benzene rings is 1. The SMILES string of the molecule is C[C@H](NCC(F)(F)F)c1ccc(-c2cncnc2)cc1. The Balaban J connectivity index is 2.05. The minimum absolute atomic E-state index is 0.363. The van der Waals surface area contributed by atoms with Crippen LogP contribution in [0.3, 0.4) is 0 Å². The van der Waals surface area contributed by atoms with E-state index in [2.05, 4.69) is 15.3 Å². The van der Waals surface area contributed by atoms with Crippen LogP contribution in [0.25, 0.3) is 11.1 Å². The molecule has 106 valence electrons. The van der Waals surface area contributed by atoms with E-state index >= 15 is 0 Å². The molecule has 1 atom stereocenters. The van der Waals surface area contributed by atoms with Gasteiger partial charge in [-0.1, -0.05) is 24.3 Å². The van der Waals surface area contributed by atoms with Crippen molar-refractivity contribution in [2.24, 2.45) is 0 Å². The van der Waals surface area contributed by atoms with Gasteiger partial charge in [0.25, 0.3) is 0 Å². The molecular weight excluding hydrogens is 267 g/mol. The smallest absolute Gasteiger partial charge is 0.302 e. The summed E-state index contributed by atoms with van der Waals surface area (Å²) in [5.74, 6) is 0. The van der Waals surface area contributed by atoms with Crippen LogP contribution in [0, 0.1) is 0 Å². The standard InChI is InChI=1S/C14H14F3N3/c1-10(20-8-14(15,16)17)11-2-4-12(5-3-11)13-6-18-9-19-7-13/h2-7,9-10,20H,8H2,1H3/t10-/m0/s1. The van der Waals surface area contributed by atoms with Gasteiger partial charge in [-0.05, 0) is 18.1 Å². The number of halogens is 3. The third-order valence-corrected chi connectivity index (χ3v) is 2.91. The predicted molar refractivity (Wildman–Crippen MR) is 69.9 cm³/mol. The third kappa shape index (κ3) is 4.03. The van der Waals surface area contributed by atoms with Crippen LogP contribution in [-0.2, 0) is 0 Å². The molecule has 1 aromatic heterocycles. The fourth-order valence-corrected chi connectivity index (χ4v) is 1.80. The van der Waals surface area contributed by atoms with Crippen molar-refractivity contribution in [2.75, 3.05) is 6.54 Å². The molecule has 2 rings (SSSR count). The molecule has 20 heavy (non-hydrogen) atoms. The highest BCUT2D eigenvalue weighted by molar-refractivity contribution is 5.61. The first kappa shape index (κ1) is 14.5. The van der Waals surface area contributed by atoms with Gasteiger partial charge in [-0.15, -0.1) is 0 Å². The van der Waals surface area contributed by atoms with E-state index in [1.165, 1.54) is 6.33 Å². The van der Waals surface area contributed by atoms with Gasteiger partial charge in [-0.3, -0.25) is 0 Å². The lowest BCUT2D eigenvalue weighted by atomic mass is 10.0. The summed E-state index contributed by atoms with van der Waals surface area (Å²) in [4.78, 5) is 7.85. The van der Waals surface area contributed by atoms with E-state index in [9.17, 15) is 13.2 Å². The van der Waals surface area contributed by atoms with Crippen LogP contribution in [0.4, 0.5) is 13.2 Å². The van der Waals surface area contributed by atoms with E-state index in [4.69, 9.17) is 0 Å². The second kappa shape index (κ2) is 6.00. The average molecular weight is 281 g/mol. The van der Waals surface area contributed by atoms with E-state index in [1.54, 1.807) is 31.5 Å². The Hall–Kier alpha value is -1.95. The van der Waals surface area contributed by atoms with E-state index < -0.39 is 12.7 Å². The molecule has 3 nitrogen and oxygen atoms in total. The highest BCUT2D eigenvalue weighted by atomic mass is 19.4. The van der Waals surface area contributed by atoms with Gasteiger partial charge in [0.15, 0.2) is 0 Å². The van der Waals surface area contributed by atoms with Gasteiger partial charge >= 0.3 is 6.18 Å². The molecule has 0 saturated heterocycles. The molecule has 0 amide bonds. The maximum Gasteiger partial charge on any atom is 0.401 e. The van der Waals surface area contributed by atoms with Crippen molar-refractivity contribution in [3.63, 3.8) is 0 Å². The van der Waals surface area contributed by atoms with Gasteiger partial charge in [-0.2, -0.15) is 13.2 Å². The number of nitrogens with zero attached hydrogens (tertiary/aromatic N) is 2. The van der Waals surface area contributed by atoms with Crippen molar-refractivity contribution >= 4 is 0 Å². The number of aromatic nitrogens is 2. The Labute approximate surface area is 114 Å². The van der Waals surface area contributed by atoms with Gasteiger partial charge < -0.3 is 5.32 Å². The minimum atomic E-state index is -4.20. The molecule has 0 saturated carbocycles. The third-order valence-electron chi connectivity index (χ3n) is 2.91. The quantitative estimate of drug-likeness (QED) is 0.933. The first-order chi connectivity index (χ1) is 9.46. The molecule has 0 aliphatic carbocycles. The van der Waals surface area contributed by atoms with Gasteiger partial charge in [0.05, 0.1) is 6.54 Å². The molecule has 6 heteroatoms. The van der Waals surface area contributed by atoms with E-state index in [1.807, 2.05) is 12.1 Å². The lowest BCUT2D eigenvalue weighted by molar-refractivity contribution is -0.126. The Morgan fingerprint density at radius 3 is 2.20 bits per heavy atom. The van der Waals surface area contributed by atoms with Gasteiger partial charge in [0.1, 0.15) is 6.33 Å². The molecule has 0 spiro atoms. The fraction of sp³-hybridized carbons (Fsp3) is 0.286. The normalized spacial score (nSPS) is 13.2. The second-order valence-electron chi connectivity index (χ2n) is 4.47. The van der Waals surface area contributed by atoms with E-state index in [-0.39, 0.29) is 6.04 Å². The maximum absolute atomic E-state index is 12.1. The van der Waals surface area contributed by atoms with E-state index in [0.717, 1.165) is 16.7 Å². The van der Waals surface area contributed by atoms with Crippen LogP contribution in [0.2, 0.25) is 0 Å². The summed E-state index contributed by atoms with van der Waals surface area (Å²) in [5, 5.41) is 2.45. The second-order valence-corrected chi connectivity index (χ2v) is 4.47. The van der Waals surface area contributed by atoms with Gasteiger partial charge in [0, 0.05) is 24.0 Å². The summed E-state index contributed by atoms with van der Waals surface area (Å²) in [7, 11) is 0. The molecule has 2 aromatic rings. The summed E-state index contributed by atoms with van der Waals surface area (Å²) < 4.78 is 36.4. The molecule has 1 N–H and O–H groups in total. The Morgan fingerprint density at radius 1 is 1.05 bits per heavy atom. The topological polar surface area (TPSA) is 37.8 Å². The lowest BCUT2D eigenvalue weighted by Gasteiger charge is -2.16. The van der Waals surface area contributed by atoms with Crippen LogP contribution >= 0.6 is 0 Å². The molecular formula is C14H14F3N3. The number of hydrogen-bond donors (Lipinski definition) is 1.